The Labute approximate surface area is 121 Å². The Kier molecular flexibility index (Phi) is 6.02. The second-order valence-corrected chi connectivity index (χ2v) is 6.15. The Hall–Kier alpha value is -1.55. The first kappa shape index (κ1) is 16.5. The maximum atomic E-state index is 11.8. The Morgan fingerprint density at radius 1 is 1.30 bits per heavy atom. The lowest BCUT2D eigenvalue weighted by molar-refractivity contribution is -0.124. The molecular weight excluding hydrogens is 252 g/mol. The van der Waals surface area contributed by atoms with Gasteiger partial charge in [0, 0.05) is 6.54 Å². The minimum Gasteiger partial charge on any atom is -0.494 e. The summed E-state index contributed by atoms with van der Waals surface area (Å²) in [5.74, 6) is 0.751. The molecule has 1 atom stereocenters. The van der Waals surface area contributed by atoms with Crippen LogP contribution in [0.25, 0.3) is 0 Å². The Balaban J connectivity index is 2.19. The van der Waals surface area contributed by atoms with Gasteiger partial charge in [0.2, 0.25) is 5.91 Å². The van der Waals surface area contributed by atoms with Crippen LogP contribution in [0.4, 0.5) is 0 Å². The lowest BCUT2D eigenvalue weighted by atomic mass is 9.87. The number of carbonyl (C=O) groups is 1. The third-order valence-electron chi connectivity index (χ3n) is 3.13. The minimum atomic E-state index is -0.486. The lowest BCUT2D eigenvalue weighted by Crippen LogP contribution is -2.48. The molecule has 0 aromatic heterocycles. The van der Waals surface area contributed by atoms with E-state index >= 15 is 0 Å². The molecule has 1 rings (SSSR count). The molecule has 4 nitrogen and oxygen atoms in total. The number of benzene rings is 1. The molecule has 3 N–H and O–H groups in total. The smallest absolute Gasteiger partial charge is 0.237 e. The summed E-state index contributed by atoms with van der Waals surface area (Å²) in [6.07, 6.45) is 0.760. The van der Waals surface area contributed by atoms with Gasteiger partial charge in [0.15, 0.2) is 0 Å². The van der Waals surface area contributed by atoms with Crippen molar-refractivity contribution in [1.82, 2.24) is 5.32 Å². The molecule has 0 spiro atoms. The van der Waals surface area contributed by atoms with Crippen LogP contribution in [0.3, 0.4) is 0 Å². The van der Waals surface area contributed by atoms with Gasteiger partial charge < -0.3 is 15.8 Å². The fourth-order valence-electron chi connectivity index (χ4n) is 1.61. The summed E-state index contributed by atoms with van der Waals surface area (Å²) in [6, 6.07) is 7.44. The van der Waals surface area contributed by atoms with Gasteiger partial charge in [0.1, 0.15) is 5.75 Å². The number of carbonyl (C=O) groups excluding carboxylic acids is 1. The van der Waals surface area contributed by atoms with E-state index in [4.69, 9.17) is 10.5 Å². The maximum absolute atomic E-state index is 11.8. The molecule has 0 saturated heterocycles. The number of hydrogen-bond donors (Lipinski definition) is 2. The van der Waals surface area contributed by atoms with Gasteiger partial charge in [-0.15, -0.1) is 0 Å². The van der Waals surface area contributed by atoms with E-state index in [2.05, 4.69) is 5.32 Å². The van der Waals surface area contributed by atoms with E-state index in [9.17, 15) is 4.79 Å². The maximum Gasteiger partial charge on any atom is 0.237 e. The van der Waals surface area contributed by atoms with Gasteiger partial charge in [-0.2, -0.15) is 0 Å². The van der Waals surface area contributed by atoms with Crippen molar-refractivity contribution < 1.29 is 9.53 Å². The molecule has 0 aliphatic rings. The highest BCUT2D eigenvalue weighted by Gasteiger charge is 2.26. The normalized spacial score (nSPS) is 12.8. The van der Waals surface area contributed by atoms with Crippen LogP contribution in [0.15, 0.2) is 24.3 Å². The average molecular weight is 278 g/mol. The van der Waals surface area contributed by atoms with Crippen molar-refractivity contribution in [3.05, 3.63) is 29.8 Å². The molecular formula is C16H26N2O2. The first-order valence-electron chi connectivity index (χ1n) is 7.03. The molecule has 20 heavy (non-hydrogen) atoms. The van der Waals surface area contributed by atoms with Crippen LogP contribution in [0.1, 0.15) is 32.8 Å². The summed E-state index contributed by atoms with van der Waals surface area (Å²) in [5.41, 5.74) is 6.86. The summed E-state index contributed by atoms with van der Waals surface area (Å²) in [7, 11) is 0. The van der Waals surface area contributed by atoms with Crippen LogP contribution in [0, 0.1) is 12.3 Å². The van der Waals surface area contributed by atoms with Gasteiger partial charge in [-0.25, -0.2) is 0 Å². The number of amides is 1. The van der Waals surface area contributed by atoms with Crippen molar-refractivity contribution in [2.24, 2.45) is 11.1 Å². The van der Waals surface area contributed by atoms with Crippen LogP contribution in [0.2, 0.25) is 0 Å². The third-order valence-corrected chi connectivity index (χ3v) is 3.13. The molecule has 0 aliphatic heterocycles. The van der Waals surface area contributed by atoms with Gasteiger partial charge in [-0.3, -0.25) is 4.79 Å². The molecule has 1 amide bonds. The standard InChI is InChI=1S/C16H26N2O2/c1-12-6-8-13(9-7-12)20-11-5-10-18-15(19)14(17)16(2,3)4/h6-9,14H,5,10-11,17H2,1-4H3,(H,18,19)/t14-/m1/s1. The average Bonchev–Trinajstić information content (AvgIpc) is 2.38. The molecule has 112 valence electrons. The first-order valence-corrected chi connectivity index (χ1v) is 7.03. The van der Waals surface area contributed by atoms with Crippen molar-refractivity contribution in [3.63, 3.8) is 0 Å². The Bertz CT molecular complexity index is 421. The minimum absolute atomic E-state index is 0.104. The van der Waals surface area contributed by atoms with Crippen molar-refractivity contribution in [2.75, 3.05) is 13.2 Å². The largest absolute Gasteiger partial charge is 0.494 e. The van der Waals surface area contributed by atoms with Crippen LogP contribution < -0.4 is 15.8 Å². The fourth-order valence-corrected chi connectivity index (χ4v) is 1.61. The molecule has 4 heteroatoms. The van der Waals surface area contributed by atoms with Gasteiger partial charge >= 0.3 is 0 Å². The van der Waals surface area contributed by atoms with E-state index in [-0.39, 0.29) is 11.3 Å². The van der Waals surface area contributed by atoms with Gasteiger partial charge in [0.05, 0.1) is 12.6 Å². The van der Waals surface area contributed by atoms with Crippen molar-refractivity contribution in [3.8, 4) is 5.75 Å². The topological polar surface area (TPSA) is 64.3 Å². The fraction of sp³-hybridized carbons (Fsp3) is 0.562. The van der Waals surface area contributed by atoms with E-state index in [0.29, 0.717) is 13.2 Å². The van der Waals surface area contributed by atoms with E-state index in [1.807, 2.05) is 52.0 Å². The highest BCUT2D eigenvalue weighted by Crippen LogP contribution is 2.17. The summed E-state index contributed by atoms with van der Waals surface area (Å²) in [5, 5.41) is 2.84. The van der Waals surface area contributed by atoms with Crippen LogP contribution in [0.5, 0.6) is 5.75 Å². The van der Waals surface area contributed by atoms with Crippen LogP contribution in [-0.4, -0.2) is 25.1 Å². The molecule has 0 radical (unpaired) electrons. The van der Waals surface area contributed by atoms with Crippen molar-refractivity contribution >= 4 is 5.91 Å². The second kappa shape index (κ2) is 7.29. The van der Waals surface area contributed by atoms with Gasteiger partial charge in [0.25, 0.3) is 0 Å². The SMILES string of the molecule is Cc1ccc(OCCCNC(=O)[C@@H](N)C(C)(C)C)cc1. The third kappa shape index (κ3) is 5.61. The Morgan fingerprint density at radius 2 is 1.90 bits per heavy atom. The highest BCUT2D eigenvalue weighted by molar-refractivity contribution is 5.82. The predicted octanol–water partition coefficient (Wildman–Crippen LogP) is 2.25. The first-order chi connectivity index (χ1) is 9.30. The number of ether oxygens (including phenoxy) is 1. The van der Waals surface area contributed by atoms with E-state index in [0.717, 1.165) is 12.2 Å². The number of hydrogen-bond acceptors (Lipinski definition) is 3. The summed E-state index contributed by atoms with van der Waals surface area (Å²) < 4.78 is 5.59. The van der Waals surface area contributed by atoms with Crippen LogP contribution >= 0.6 is 0 Å². The summed E-state index contributed by atoms with van der Waals surface area (Å²) in [4.78, 5) is 11.8. The van der Waals surface area contributed by atoms with E-state index in [1.54, 1.807) is 0 Å². The molecule has 0 aliphatic carbocycles. The molecule has 0 fully saturated rings. The van der Waals surface area contributed by atoms with E-state index in [1.165, 1.54) is 5.56 Å². The summed E-state index contributed by atoms with van der Waals surface area (Å²) in [6.45, 7) is 9.06. The number of aryl methyl sites for hydroxylation is 1. The van der Waals surface area contributed by atoms with Crippen LogP contribution in [-0.2, 0) is 4.79 Å². The monoisotopic (exact) mass is 278 g/mol. The van der Waals surface area contributed by atoms with Crippen molar-refractivity contribution in [1.29, 1.82) is 0 Å². The molecule has 0 unspecified atom stereocenters. The predicted molar refractivity (Wildman–Crippen MR) is 81.7 cm³/mol. The lowest BCUT2D eigenvalue weighted by Gasteiger charge is -2.25. The quantitative estimate of drug-likeness (QED) is 0.784. The van der Waals surface area contributed by atoms with Crippen molar-refractivity contribution in [2.45, 2.75) is 40.2 Å². The zero-order valence-corrected chi connectivity index (χ0v) is 12.9. The van der Waals surface area contributed by atoms with E-state index < -0.39 is 6.04 Å². The molecule has 1 aromatic rings. The second-order valence-electron chi connectivity index (χ2n) is 6.15. The molecule has 0 saturated carbocycles. The summed E-state index contributed by atoms with van der Waals surface area (Å²) >= 11 is 0. The number of nitrogens with one attached hydrogen (secondary N) is 1. The Morgan fingerprint density at radius 3 is 2.45 bits per heavy atom. The number of nitrogens with two attached hydrogens (primary N) is 1. The zero-order valence-electron chi connectivity index (χ0n) is 12.9. The van der Waals surface area contributed by atoms with Gasteiger partial charge in [-0.05, 0) is 30.9 Å². The molecule has 0 heterocycles. The number of rotatable bonds is 6. The molecule has 1 aromatic carbocycles. The van der Waals surface area contributed by atoms with Gasteiger partial charge in [-0.1, -0.05) is 38.5 Å². The zero-order chi connectivity index (χ0) is 15.2. The highest BCUT2D eigenvalue weighted by atomic mass is 16.5. The molecule has 0 bridgehead atoms.